The number of carbonyl (C=O) groups is 1. The Morgan fingerprint density at radius 3 is 2.53 bits per heavy atom. The number of carboxylic acid groups (broad SMARTS) is 1. The van der Waals surface area contributed by atoms with Gasteiger partial charge in [-0.1, -0.05) is 32.0 Å². The van der Waals surface area contributed by atoms with E-state index in [0.717, 1.165) is 0 Å². The maximum atomic E-state index is 13.4. The van der Waals surface area contributed by atoms with Crippen molar-refractivity contribution in [2.24, 2.45) is 0 Å². The molecule has 0 radical (unpaired) electrons. The molecule has 1 N–H and O–H groups in total. The van der Waals surface area contributed by atoms with Crippen molar-refractivity contribution in [1.29, 1.82) is 0 Å². The Kier molecular flexibility index (Phi) is 4.15. The third-order valence-corrected chi connectivity index (χ3v) is 2.87. The highest BCUT2D eigenvalue weighted by Gasteiger charge is 2.21. The molecular weight excluding hydrogens is 215 g/mol. The first-order valence-electron chi connectivity index (χ1n) is 4.65. The van der Waals surface area contributed by atoms with Crippen LogP contribution in [0.5, 0.6) is 0 Å². The normalized spacial score (nSPS) is 12.8. The van der Waals surface area contributed by atoms with E-state index in [2.05, 4.69) is 0 Å². The van der Waals surface area contributed by atoms with Crippen LogP contribution in [0.2, 0.25) is 0 Å². The van der Waals surface area contributed by atoms with Crippen LogP contribution < -0.4 is 0 Å². The van der Waals surface area contributed by atoms with E-state index in [0.29, 0.717) is 10.1 Å². The van der Waals surface area contributed by atoms with E-state index in [-0.39, 0.29) is 5.56 Å². The summed E-state index contributed by atoms with van der Waals surface area (Å²) in [5.74, 6) is -1.44. The first kappa shape index (κ1) is 12.0. The topological polar surface area (TPSA) is 37.3 Å². The predicted octanol–water partition coefficient (Wildman–Crippen LogP) is 3.28. The molecule has 1 rings (SSSR count). The van der Waals surface area contributed by atoms with E-state index in [1.165, 1.54) is 17.8 Å². The highest BCUT2D eigenvalue weighted by Crippen LogP contribution is 2.31. The number of benzene rings is 1. The molecule has 0 aliphatic carbocycles. The van der Waals surface area contributed by atoms with Crippen LogP contribution in [0.15, 0.2) is 29.2 Å². The zero-order valence-corrected chi connectivity index (χ0v) is 9.42. The number of alkyl halides is 1. The van der Waals surface area contributed by atoms with Gasteiger partial charge >= 0.3 is 5.97 Å². The summed E-state index contributed by atoms with van der Waals surface area (Å²) in [5.41, 5.74) is 0.240. The minimum Gasteiger partial charge on any atom is -0.479 e. The molecule has 0 fully saturated rings. The zero-order chi connectivity index (χ0) is 11.4. The van der Waals surface area contributed by atoms with E-state index in [1.807, 2.05) is 13.8 Å². The largest absolute Gasteiger partial charge is 0.479 e. The SMILES string of the molecule is CC(C)Sc1ccccc1C(F)C(=O)O. The van der Waals surface area contributed by atoms with Gasteiger partial charge in [0.2, 0.25) is 6.17 Å². The fourth-order valence-corrected chi connectivity index (χ4v) is 2.16. The van der Waals surface area contributed by atoms with Gasteiger partial charge in [-0.25, -0.2) is 9.18 Å². The molecular formula is C11H13FO2S. The third kappa shape index (κ3) is 3.23. The summed E-state index contributed by atoms with van der Waals surface area (Å²) in [6.07, 6.45) is -1.94. The standard InChI is InChI=1S/C11H13FO2S/c1-7(2)15-9-6-4-3-5-8(9)10(12)11(13)14/h3-7,10H,1-2H3,(H,13,14). The Bertz CT molecular complexity index is 352. The lowest BCUT2D eigenvalue weighted by Gasteiger charge is -2.11. The molecule has 0 aromatic heterocycles. The van der Waals surface area contributed by atoms with Crippen LogP contribution in [0.1, 0.15) is 25.6 Å². The van der Waals surface area contributed by atoms with Crippen molar-refractivity contribution in [3.63, 3.8) is 0 Å². The molecule has 0 saturated heterocycles. The molecule has 0 heterocycles. The van der Waals surface area contributed by atoms with Gasteiger partial charge in [0.1, 0.15) is 0 Å². The van der Waals surface area contributed by atoms with Gasteiger partial charge in [-0.3, -0.25) is 0 Å². The van der Waals surface area contributed by atoms with Crippen molar-refractivity contribution >= 4 is 17.7 Å². The Morgan fingerprint density at radius 2 is 2.00 bits per heavy atom. The Balaban J connectivity index is 3.00. The van der Waals surface area contributed by atoms with Crippen LogP contribution in [0.25, 0.3) is 0 Å². The first-order valence-corrected chi connectivity index (χ1v) is 5.52. The number of carboxylic acids is 1. The van der Waals surface area contributed by atoms with Crippen molar-refractivity contribution in [3.8, 4) is 0 Å². The fraction of sp³-hybridized carbons (Fsp3) is 0.364. The lowest BCUT2D eigenvalue weighted by Crippen LogP contribution is -2.07. The number of rotatable bonds is 4. The Hall–Kier alpha value is -1.03. The van der Waals surface area contributed by atoms with E-state index < -0.39 is 12.1 Å². The molecule has 0 amide bonds. The molecule has 0 bridgehead atoms. The van der Waals surface area contributed by atoms with Crippen molar-refractivity contribution in [1.82, 2.24) is 0 Å². The monoisotopic (exact) mass is 228 g/mol. The van der Waals surface area contributed by atoms with Gasteiger partial charge in [0, 0.05) is 15.7 Å². The van der Waals surface area contributed by atoms with E-state index in [9.17, 15) is 9.18 Å². The van der Waals surface area contributed by atoms with Crippen molar-refractivity contribution in [2.75, 3.05) is 0 Å². The first-order chi connectivity index (χ1) is 7.02. The number of hydrogen-bond acceptors (Lipinski definition) is 2. The lowest BCUT2D eigenvalue weighted by atomic mass is 10.1. The molecule has 2 nitrogen and oxygen atoms in total. The number of hydrogen-bond donors (Lipinski definition) is 1. The smallest absolute Gasteiger partial charge is 0.343 e. The average molecular weight is 228 g/mol. The lowest BCUT2D eigenvalue weighted by molar-refractivity contribution is -0.143. The molecule has 0 aliphatic rings. The molecule has 0 saturated carbocycles. The number of thioether (sulfide) groups is 1. The molecule has 0 aliphatic heterocycles. The summed E-state index contributed by atoms with van der Waals surface area (Å²) in [5, 5.41) is 8.91. The quantitative estimate of drug-likeness (QED) is 0.803. The highest BCUT2D eigenvalue weighted by atomic mass is 32.2. The molecule has 0 spiro atoms. The maximum Gasteiger partial charge on any atom is 0.343 e. The van der Waals surface area contributed by atoms with Gasteiger partial charge in [0.05, 0.1) is 0 Å². The summed E-state index contributed by atoms with van der Waals surface area (Å²) in [6, 6.07) is 6.69. The predicted molar refractivity (Wildman–Crippen MR) is 58.9 cm³/mol. The van der Waals surface area contributed by atoms with Crippen LogP contribution >= 0.6 is 11.8 Å². The average Bonchev–Trinajstić information content (AvgIpc) is 2.16. The summed E-state index contributed by atoms with van der Waals surface area (Å²) in [4.78, 5) is 11.3. The fourth-order valence-electron chi connectivity index (χ4n) is 1.18. The molecule has 1 atom stereocenters. The third-order valence-electron chi connectivity index (χ3n) is 1.77. The minimum atomic E-state index is -1.94. The summed E-state index contributed by atoms with van der Waals surface area (Å²) < 4.78 is 13.4. The van der Waals surface area contributed by atoms with Crippen LogP contribution in [0.4, 0.5) is 4.39 Å². The Labute approximate surface area is 92.5 Å². The highest BCUT2D eigenvalue weighted by molar-refractivity contribution is 8.00. The van der Waals surface area contributed by atoms with Gasteiger partial charge in [0.25, 0.3) is 0 Å². The van der Waals surface area contributed by atoms with Crippen molar-refractivity contribution in [2.45, 2.75) is 30.2 Å². The van der Waals surface area contributed by atoms with Gasteiger partial charge in [0.15, 0.2) is 0 Å². The molecule has 1 aromatic rings. The molecule has 4 heteroatoms. The summed E-state index contributed by atoms with van der Waals surface area (Å²) >= 11 is 1.47. The van der Waals surface area contributed by atoms with Crippen molar-refractivity contribution < 1.29 is 14.3 Å². The van der Waals surface area contributed by atoms with E-state index in [4.69, 9.17) is 5.11 Å². The molecule has 82 valence electrons. The number of aliphatic carboxylic acids is 1. The molecule has 1 unspecified atom stereocenters. The van der Waals surface area contributed by atoms with Gasteiger partial charge < -0.3 is 5.11 Å². The summed E-state index contributed by atoms with van der Waals surface area (Å²) in [6.45, 7) is 3.96. The van der Waals surface area contributed by atoms with Gasteiger partial charge in [-0.15, -0.1) is 11.8 Å². The van der Waals surface area contributed by atoms with Crippen LogP contribution in [-0.2, 0) is 4.79 Å². The second kappa shape index (κ2) is 5.16. The second-order valence-electron chi connectivity index (χ2n) is 3.41. The maximum absolute atomic E-state index is 13.4. The molecule has 15 heavy (non-hydrogen) atoms. The van der Waals surface area contributed by atoms with E-state index >= 15 is 0 Å². The van der Waals surface area contributed by atoms with Gasteiger partial charge in [-0.2, -0.15) is 0 Å². The van der Waals surface area contributed by atoms with Crippen molar-refractivity contribution in [3.05, 3.63) is 29.8 Å². The van der Waals surface area contributed by atoms with Crippen LogP contribution in [-0.4, -0.2) is 16.3 Å². The number of halogens is 1. The summed E-state index contributed by atoms with van der Waals surface area (Å²) in [7, 11) is 0. The molecule has 1 aromatic carbocycles. The Morgan fingerprint density at radius 1 is 1.40 bits per heavy atom. The zero-order valence-electron chi connectivity index (χ0n) is 8.61. The minimum absolute atomic E-state index is 0.240. The second-order valence-corrected chi connectivity index (χ2v) is 5.02. The van der Waals surface area contributed by atoms with Crippen LogP contribution in [0.3, 0.4) is 0 Å². The van der Waals surface area contributed by atoms with Crippen LogP contribution in [0, 0.1) is 0 Å². The van der Waals surface area contributed by atoms with Gasteiger partial charge in [-0.05, 0) is 6.07 Å². The van der Waals surface area contributed by atoms with E-state index in [1.54, 1.807) is 18.2 Å².